The standard InChI is InChI=1S/C32H39N3OS2/c1-4-37-29-18-22(3)33-31(38-5-2)30(29)34-32(36)35(26-13-8-6-7-9-14-26)21-23-16-17-28-25(19-23)20-24-12-10-11-15-27(24)28/h10-12,15-19,26H,4-9,13-14,20-21H2,1-3H3,(H,34,36). The van der Waals surface area contributed by atoms with Crippen molar-refractivity contribution < 1.29 is 4.79 Å². The number of hydrogen-bond acceptors (Lipinski definition) is 4. The molecule has 1 N–H and O–H groups in total. The van der Waals surface area contributed by atoms with E-state index in [0.717, 1.165) is 52.1 Å². The number of benzene rings is 2. The van der Waals surface area contributed by atoms with Crippen molar-refractivity contribution in [2.45, 2.75) is 88.2 Å². The molecule has 5 rings (SSSR count). The van der Waals surface area contributed by atoms with E-state index < -0.39 is 0 Å². The van der Waals surface area contributed by atoms with Crippen LogP contribution in [0.1, 0.15) is 74.8 Å². The lowest BCUT2D eigenvalue weighted by atomic mass is 10.0. The van der Waals surface area contributed by atoms with Gasteiger partial charge in [0.2, 0.25) is 0 Å². The average molecular weight is 546 g/mol. The second-order valence-corrected chi connectivity index (χ2v) is 12.9. The van der Waals surface area contributed by atoms with Gasteiger partial charge in [-0.2, -0.15) is 0 Å². The Labute approximate surface area is 236 Å². The number of anilines is 1. The molecule has 0 unspecified atom stereocenters. The predicted octanol–water partition coefficient (Wildman–Crippen LogP) is 8.94. The third-order valence-corrected chi connectivity index (χ3v) is 9.41. The number of rotatable bonds is 8. The molecular weight excluding hydrogens is 507 g/mol. The van der Waals surface area contributed by atoms with Gasteiger partial charge < -0.3 is 10.2 Å². The zero-order valence-corrected chi connectivity index (χ0v) is 24.5. The van der Waals surface area contributed by atoms with Gasteiger partial charge in [-0.15, -0.1) is 23.5 Å². The first-order valence-electron chi connectivity index (χ1n) is 14.1. The van der Waals surface area contributed by atoms with Crippen LogP contribution in [-0.2, 0) is 13.0 Å². The highest BCUT2D eigenvalue weighted by atomic mass is 32.2. The van der Waals surface area contributed by atoms with Crippen LogP contribution in [0.3, 0.4) is 0 Å². The molecular formula is C32H39N3OS2. The molecule has 1 fully saturated rings. The topological polar surface area (TPSA) is 45.2 Å². The summed E-state index contributed by atoms with van der Waals surface area (Å²) in [5, 5.41) is 4.29. The summed E-state index contributed by atoms with van der Waals surface area (Å²) in [4.78, 5) is 22.1. The van der Waals surface area contributed by atoms with E-state index in [9.17, 15) is 4.79 Å². The normalized spacial score (nSPS) is 15.0. The smallest absolute Gasteiger partial charge is 0.317 e. The Kier molecular flexibility index (Phi) is 9.01. The minimum Gasteiger partial charge on any atom is -0.317 e. The monoisotopic (exact) mass is 545 g/mol. The maximum atomic E-state index is 14.1. The van der Waals surface area contributed by atoms with Crippen LogP contribution in [0, 0.1) is 6.92 Å². The maximum absolute atomic E-state index is 14.1. The Morgan fingerprint density at radius 3 is 2.45 bits per heavy atom. The third kappa shape index (κ3) is 6.07. The van der Waals surface area contributed by atoms with Crippen LogP contribution in [0.2, 0.25) is 0 Å². The van der Waals surface area contributed by atoms with E-state index in [-0.39, 0.29) is 12.1 Å². The third-order valence-electron chi connectivity index (χ3n) is 7.63. The minimum absolute atomic E-state index is 0.00208. The van der Waals surface area contributed by atoms with Gasteiger partial charge in [0, 0.05) is 23.2 Å². The first kappa shape index (κ1) is 27.1. The van der Waals surface area contributed by atoms with E-state index in [1.165, 1.54) is 53.5 Å². The second-order valence-electron chi connectivity index (χ2n) is 10.3. The lowest BCUT2D eigenvalue weighted by Crippen LogP contribution is -2.42. The lowest BCUT2D eigenvalue weighted by molar-refractivity contribution is 0.175. The molecule has 0 bridgehead atoms. The fourth-order valence-corrected chi connectivity index (χ4v) is 7.56. The molecule has 1 heterocycles. The molecule has 0 radical (unpaired) electrons. The Balaban J connectivity index is 1.44. The first-order valence-corrected chi connectivity index (χ1v) is 16.1. The number of nitrogens with one attached hydrogen (secondary N) is 1. The zero-order valence-electron chi connectivity index (χ0n) is 22.9. The summed E-state index contributed by atoms with van der Waals surface area (Å²) in [6.45, 7) is 6.96. The van der Waals surface area contributed by atoms with Crippen molar-refractivity contribution in [1.29, 1.82) is 0 Å². The number of nitrogens with zero attached hydrogens (tertiary/aromatic N) is 2. The molecule has 0 atom stereocenters. The van der Waals surface area contributed by atoms with Crippen molar-refractivity contribution in [1.82, 2.24) is 9.88 Å². The van der Waals surface area contributed by atoms with Gasteiger partial charge in [0.25, 0.3) is 0 Å². The minimum atomic E-state index is 0.00208. The average Bonchev–Trinajstić information content (AvgIpc) is 3.06. The quantitative estimate of drug-likeness (QED) is 0.177. The summed E-state index contributed by atoms with van der Waals surface area (Å²) >= 11 is 3.48. The van der Waals surface area contributed by atoms with Crippen LogP contribution in [0.4, 0.5) is 10.5 Å². The molecule has 38 heavy (non-hydrogen) atoms. The van der Waals surface area contributed by atoms with Crippen molar-refractivity contribution in [2.24, 2.45) is 0 Å². The Hall–Kier alpha value is -2.44. The highest BCUT2D eigenvalue weighted by Gasteiger charge is 2.27. The number of urea groups is 1. The molecule has 2 aliphatic carbocycles. The predicted molar refractivity (Wildman–Crippen MR) is 163 cm³/mol. The number of amides is 2. The fourth-order valence-electron chi connectivity index (χ4n) is 5.85. The van der Waals surface area contributed by atoms with Crippen molar-refractivity contribution in [3.05, 3.63) is 70.9 Å². The van der Waals surface area contributed by atoms with Crippen LogP contribution in [0.5, 0.6) is 0 Å². The molecule has 200 valence electrons. The van der Waals surface area contributed by atoms with Gasteiger partial charge >= 0.3 is 6.03 Å². The lowest BCUT2D eigenvalue weighted by Gasteiger charge is -2.32. The maximum Gasteiger partial charge on any atom is 0.322 e. The molecule has 0 saturated heterocycles. The highest BCUT2D eigenvalue weighted by Crippen LogP contribution is 2.38. The Morgan fingerprint density at radius 1 is 0.947 bits per heavy atom. The molecule has 3 aromatic rings. The van der Waals surface area contributed by atoms with Crippen LogP contribution in [0.15, 0.2) is 58.5 Å². The van der Waals surface area contributed by atoms with Crippen LogP contribution in [0.25, 0.3) is 11.1 Å². The van der Waals surface area contributed by atoms with Gasteiger partial charge in [0.15, 0.2) is 0 Å². The summed E-state index contributed by atoms with van der Waals surface area (Å²) in [6.07, 6.45) is 8.02. The van der Waals surface area contributed by atoms with Crippen molar-refractivity contribution >= 4 is 35.2 Å². The zero-order chi connectivity index (χ0) is 26.5. The van der Waals surface area contributed by atoms with Gasteiger partial charge in [0.1, 0.15) is 5.03 Å². The van der Waals surface area contributed by atoms with E-state index in [4.69, 9.17) is 4.98 Å². The molecule has 1 saturated carbocycles. The van der Waals surface area contributed by atoms with Gasteiger partial charge in [-0.1, -0.05) is 82.0 Å². The molecule has 2 aliphatic rings. The SMILES string of the molecule is CCSc1cc(C)nc(SCC)c1NC(=O)N(Cc1ccc2c(c1)Cc1ccccc1-2)C1CCCCCC1. The van der Waals surface area contributed by atoms with E-state index in [1.54, 1.807) is 23.5 Å². The van der Waals surface area contributed by atoms with E-state index >= 15 is 0 Å². The fraction of sp³-hybridized carbons (Fsp3) is 0.438. The summed E-state index contributed by atoms with van der Waals surface area (Å²) in [5.74, 6) is 1.87. The number of thioether (sulfide) groups is 2. The van der Waals surface area contributed by atoms with Crippen LogP contribution in [-0.4, -0.2) is 33.5 Å². The summed E-state index contributed by atoms with van der Waals surface area (Å²) < 4.78 is 0. The largest absolute Gasteiger partial charge is 0.322 e. The van der Waals surface area contributed by atoms with E-state index in [2.05, 4.69) is 72.6 Å². The molecule has 0 spiro atoms. The number of aromatic nitrogens is 1. The number of carbonyl (C=O) groups excluding carboxylic acids is 1. The second kappa shape index (κ2) is 12.6. The molecule has 1 aromatic heterocycles. The Bertz CT molecular complexity index is 1260. The van der Waals surface area contributed by atoms with Crippen molar-refractivity contribution in [3.63, 3.8) is 0 Å². The van der Waals surface area contributed by atoms with Crippen molar-refractivity contribution in [3.8, 4) is 11.1 Å². The number of pyridine rings is 1. The van der Waals surface area contributed by atoms with E-state index in [0.29, 0.717) is 6.54 Å². The number of aryl methyl sites for hydroxylation is 1. The van der Waals surface area contributed by atoms with Crippen LogP contribution < -0.4 is 5.32 Å². The first-order chi connectivity index (χ1) is 18.6. The van der Waals surface area contributed by atoms with Gasteiger partial charge in [-0.05, 0) is 71.6 Å². The number of hydrogen-bond donors (Lipinski definition) is 1. The van der Waals surface area contributed by atoms with Gasteiger partial charge in [-0.3, -0.25) is 0 Å². The number of fused-ring (bicyclic) bond motifs is 3. The van der Waals surface area contributed by atoms with Crippen molar-refractivity contribution in [2.75, 3.05) is 16.8 Å². The molecule has 6 heteroatoms. The summed E-state index contributed by atoms with van der Waals surface area (Å²) in [7, 11) is 0. The number of carbonyl (C=O) groups is 1. The van der Waals surface area contributed by atoms with E-state index in [1.807, 2.05) is 6.92 Å². The Morgan fingerprint density at radius 2 is 1.68 bits per heavy atom. The van der Waals surface area contributed by atoms with Gasteiger partial charge in [-0.25, -0.2) is 9.78 Å². The summed E-state index contributed by atoms with van der Waals surface area (Å²) in [5.41, 5.74) is 8.54. The molecule has 2 amide bonds. The summed E-state index contributed by atoms with van der Waals surface area (Å²) in [6, 6.07) is 17.9. The molecule has 2 aromatic carbocycles. The molecule has 0 aliphatic heterocycles. The molecule has 4 nitrogen and oxygen atoms in total. The van der Waals surface area contributed by atoms with Crippen LogP contribution >= 0.6 is 23.5 Å². The highest BCUT2D eigenvalue weighted by molar-refractivity contribution is 8.00. The van der Waals surface area contributed by atoms with Gasteiger partial charge in [0.05, 0.1) is 5.69 Å².